The number of nitrogens with zero attached hydrogens (tertiary/aromatic N) is 1. The molecule has 0 radical (unpaired) electrons. The molecule has 1 aliphatic rings. The second-order valence-corrected chi connectivity index (χ2v) is 6.09. The van der Waals surface area contributed by atoms with Crippen LogP contribution in [-0.4, -0.2) is 59.4 Å². The number of carbonyl (C=O) groups excluding carboxylic acids is 1. The first-order valence-electron chi connectivity index (χ1n) is 7.30. The third kappa shape index (κ3) is 3.22. The predicted molar refractivity (Wildman–Crippen MR) is 65.7 cm³/mol. The van der Waals surface area contributed by atoms with Crippen LogP contribution < -0.4 is 0 Å². The highest BCUT2D eigenvalue weighted by molar-refractivity contribution is 5.81. The van der Waals surface area contributed by atoms with Crippen LogP contribution in [0.1, 0.15) is 20.3 Å². The average Bonchev–Trinajstić information content (AvgIpc) is 3.33. The highest BCUT2D eigenvalue weighted by Crippen LogP contribution is 2.60. The summed E-state index contributed by atoms with van der Waals surface area (Å²) >= 11 is 0. The molecule has 2 atom stereocenters. The van der Waals surface area contributed by atoms with E-state index in [0.29, 0.717) is 0 Å². The smallest absolute Gasteiger partial charge is 0.329 e. The summed E-state index contributed by atoms with van der Waals surface area (Å²) in [6.07, 6.45) is -5.49. The quantitative estimate of drug-likeness (QED) is 0.407. The van der Waals surface area contributed by atoms with Gasteiger partial charge in [-0.25, -0.2) is 8.78 Å². The molecule has 1 rings (SSSR count). The molecule has 160 valence electrons. The normalized spacial score (nSPS) is 20.9. The zero-order chi connectivity index (χ0) is 21.8. The van der Waals surface area contributed by atoms with Crippen molar-refractivity contribution in [3.8, 4) is 0 Å². The Labute approximate surface area is 144 Å². The van der Waals surface area contributed by atoms with Crippen molar-refractivity contribution >= 4 is 5.91 Å². The topological polar surface area (TPSA) is 20.1 Å². The Kier molecular flexibility index (Phi) is 5.79. The molecule has 0 aromatic rings. The van der Waals surface area contributed by atoms with Crippen molar-refractivity contribution in [2.24, 2.45) is 5.92 Å². The van der Waals surface area contributed by atoms with Crippen LogP contribution in [0, 0.1) is 5.92 Å². The predicted octanol–water partition coefficient (Wildman–Crippen LogP) is 4.68. The maximum absolute atomic E-state index is 13.8. The maximum atomic E-state index is 13.8. The number of carbonyl (C=O) groups is 1. The van der Waals surface area contributed by atoms with Gasteiger partial charge in [-0.05, 0) is 6.42 Å². The van der Waals surface area contributed by atoms with Crippen LogP contribution in [0.15, 0.2) is 0 Å². The molecule has 2 nitrogen and oxygen atoms in total. The summed E-state index contributed by atoms with van der Waals surface area (Å²) in [6, 6.07) is -2.98. The van der Waals surface area contributed by atoms with E-state index < -0.39 is 60.4 Å². The van der Waals surface area contributed by atoms with Gasteiger partial charge in [0.1, 0.15) is 6.04 Å². The fraction of sp³-hybridized carbons (Fsp3) is 0.923. The van der Waals surface area contributed by atoms with Gasteiger partial charge < -0.3 is 4.90 Å². The van der Waals surface area contributed by atoms with E-state index in [4.69, 9.17) is 0 Å². The SMILES string of the molecule is CCC(C)C(=O)N1CC1C(F)(F)C(F)(F)C(F)(F)C(F)(F)C(F)(F)C(F)F. The van der Waals surface area contributed by atoms with E-state index in [9.17, 15) is 57.5 Å². The summed E-state index contributed by atoms with van der Waals surface area (Å²) in [5.41, 5.74) is 0. The van der Waals surface area contributed by atoms with E-state index in [1.165, 1.54) is 13.8 Å². The van der Waals surface area contributed by atoms with Crippen molar-refractivity contribution in [1.82, 2.24) is 4.90 Å². The first-order chi connectivity index (χ1) is 11.8. The molecule has 1 saturated heterocycles. The van der Waals surface area contributed by atoms with Gasteiger partial charge in [-0.15, -0.1) is 0 Å². The van der Waals surface area contributed by atoms with Gasteiger partial charge >= 0.3 is 36.0 Å². The molecule has 2 unspecified atom stereocenters. The third-order valence-electron chi connectivity index (χ3n) is 4.25. The standard InChI is InChI=1S/C13H13F12NO/c1-3-5(2)7(27)26-4-6(26)9(16,17)11(20,21)13(24,25)12(22,23)10(18,19)8(14)15/h5-6,8H,3-4H2,1-2H3. The molecule has 0 spiro atoms. The fourth-order valence-corrected chi connectivity index (χ4v) is 2.11. The second-order valence-electron chi connectivity index (χ2n) is 6.09. The van der Waals surface area contributed by atoms with Crippen molar-refractivity contribution in [2.45, 2.75) is 62.3 Å². The van der Waals surface area contributed by atoms with Crippen LogP contribution in [0.25, 0.3) is 0 Å². The molecule has 0 aromatic heterocycles. The van der Waals surface area contributed by atoms with E-state index in [0.717, 1.165) is 0 Å². The third-order valence-corrected chi connectivity index (χ3v) is 4.25. The lowest BCUT2D eigenvalue weighted by atomic mass is 9.93. The van der Waals surface area contributed by atoms with Gasteiger partial charge in [0.05, 0.1) is 0 Å². The Balaban J connectivity index is 3.25. The number of amides is 1. The van der Waals surface area contributed by atoms with Crippen LogP contribution in [0.4, 0.5) is 52.7 Å². The number of hydrogen-bond acceptors (Lipinski definition) is 1. The Bertz CT molecular complexity index is 576. The van der Waals surface area contributed by atoms with Crippen molar-refractivity contribution in [3.63, 3.8) is 0 Å². The molecule has 0 bridgehead atoms. The molecule has 0 saturated carbocycles. The van der Waals surface area contributed by atoms with Crippen LogP contribution in [0.5, 0.6) is 0 Å². The zero-order valence-corrected chi connectivity index (χ0v) is 13.5. The Morgan fingerprint density at radius 1 is 0.926 bits per heavy atom. The number of rotatable bonds is 8. The van der Waals surface area contributed by atoms with Gasteiger partial charge in [-0.2, -0.15) is 43.9 Å². The highest BCUT2D eigenvalue weighted by atomic mass is 19.4. The second kappa shape index (κ2) is 6.61. The molecule has 1 fully saturated rings. The van der Waals surface area contributed by atoms with E-state index >= 15 is 0 Å². The molecule has 1 amide bonds. The monoisotopic (exact) mass is 427 g/mol. The van der Waals surface area contributed by atoms with Gasteiger partial charge in [0.25, 0.3) is 0 Å². The van der Waals surface area contributed by atoms with E-state index in [1.54, 1.807) is 0 Å². The van der Waals surface area contributed by atoms with Gasteiger partial charge in [-0.1, -0.05) is 13.8 Å². The first-order valence-corrected chi connectivity index (χ1v) is 7.30. The minimum absolute atomic E-state index is 0.0123. The molecule has 1 aliphatic heterocycles. The van der Waals surface area contributed by atoms with Crippen molar-refractivity contribution in [3.05, 3.63) is 0 Å². The first kappa shape index (κ1) is 23.7. The molecule has 0 N–H and O–H groups in total. The summed E-state index contributed by atoms with van der Waals surface area (Å²) in [5.74, 6) is -37.5. The molecule has 0 aromatic carbocycles. The lowest BCUT2D eigenvalue weighted by Gasteiger charge is -2.39. The van der Waals surface area contributed by atoms with Crippen molar-refractivity contribution in [2.75, 3.05) is 6.54 Å². The Hall–Kier alpha value is -1.37. The summed E-state index contributed by atoms with van der Waals surface area (Å²) in [4.78, 5) is 11.6. The van der Waals surface area contributed by atoms with E-state index in [1.807, 2.05) is 0 Å². The molecular weight excluding hydrogens is 414 g/mol. The zero-order valence-electron chi connectivity index (χ0n) is 13.5. The number of halogens is 12. The maximum Gasteiger partial charge on any atom is 0.384 e. The van der Waals surface area contributed by atoms with E-state index in [2.05, 4.69) is 0 Å². The summed E-state index contributed by atoms with van der Waals surface area (Å²) in [7, 11) is 0. The van der Waals surface area contributed by atoms with Crippen LogP contribution in [-0.2, 0) is 4.79 Å². The lowest BCUT2D eigenvalue weighted by molar-refractivity contribution is -0.413. The summed E-state index contributed by atoms with van der Waals surface area (Å²) in [5, 5.41) is 0. The van der Waals surface area contributed by atoms with Crippen LogP contribution in [0.2, 0.25) is 0 Å². The van der Waals surface area contributed by atoms with Crippen molar-refractivity contribution in [1.29, 1.82) is 0 Å². The van der Waals surface area contributed by atoms with Gasteiger partial charge in [0.2, 0.25) is 5.91 Å². The Morgan fingerprint density at radius 3 is 1.74 bits per heavy atom. The summed E-state index contributed by atoms with van der Waals surface area (Å²) < 4.78 is 157. The lowest BCUT2D eigenvalue weighted by Crippen LogP contribution is -2.69. The largest absolute Gasteiger partial charge is 0.384 e. The molecule has 14 heteroatoms. The number of hydrogen-bond donors (Lipinski definition) is 0. The van der Waals surface area contributed by atoms with Gasteiger partial charge in [-0.3, -0.25) is 4.79 Å². The van der Waals surface area contributed by atoms with Crippen molar-refractivity contribution < 1.29 is 57.5 Å². The molecule has 27 heavy (non-hydrogen) atoms. The fourth-order valence-electron chi connectivity index (χ4n) is 2.11. The number of alkyl halides is 12. The average molecular weight is 427 g/mol. The van der Waals surface area contributed by atoms with Crippen LogP contribution >= 0.6 is 0 Å². The van der Waals surface area contributed by atoms with Crippen LogP contribution in [0.3, 0.4) is 0 Å². The Morgan fingerprint density at radius 2 is 1.37 bits per heavy atom. The minimum Gasteiger partial charge on any atom is -0.329 e. The van der Waals surface area contributed by atoms with Gasteiger partial charge in [0, 0.05) is 12.5 Å². The van der Waals surface area contributed by atoms with Gasteiger partial charge in [0.15, 0.2) is 0 Å². The molecule has 0 aliphatic carbocycles. The molecular formula is C13H13F12NO. The minimum atomic E-state index is -7.56. The molecule has 1 heterocycles. The summed E-state index contributed by atoms with van der Waals surface area (Å²) in [6.45, 7) is 1.35. The highest BCUT2D eigenvalue weighted by Gasteiger charge is 2.89. The van der Waals surface area contributed by atoms with E-state index in [-0.39, 0.29) is 11.3 Å².